The van der Waals surface area contributed by atoms with Crippen LogP contribution in [0.5, 0.6) is 0 Å². The highest BCUT2D eigenvalue weighted by atomic mass is 16.5. The Bertz CT molecular complexity index is 1330. The first-order valence-corrected chi connectivity index (χ1v) is 19.7. The van der Waals surface area contributed by atoms with Crippen LogP contribution < -0.4 is 0 Å². The number of carbonyl (C=O) groups is 2. The van der Waals surface area contributed by atoms with Crippen molar-refractivity contribution in [2.75, 3.05) is 6.61 Å². The second-order valence-corrected chi connectivity index (χ2v) is 19.7. The number of hydrogen-bond acceptors (Lipinski definition) is 8. The van der Waals surface area contributed by atoms with Gasteiger partial charge in [-0.05, 0) is 134 Å². The van der Waals surface area contributed by atoms with Crippen LogP contribution in [0, 0.1) is 56.2 Å². The molecule has 1 heterocycles. The summed E-state index contributed by atoms with van der Waals surface area (Å²) in [5, 5.41) is 55.5. The molecule has 50 heavy (non-hydrogen) atoms. The lowest BCUT2D eigenvalue weighted by Gasteiger charge is -2.71. The maximum absolute atomic E-state index is 13.0. The van der Waals surface area contributed by atoms with Gasteiger partial charge in [-0.1, -0.05) is 60.1 Å². The molecule has 6 aliphatic rings. The van der Waals surface area contributed by atoms with Crippen LogP contribution in [0.4, 0.5) is 0 Å². The number of carboxylic acids is 1. The van der Waals surface area contributed by atoms with Crippen LogP contribution in [0.15, 0.2) is 11.6 Å². The van der Waals surface area contributed by atoms with E-state index in [1.807, 2.05) is 0 Å². The van der Waals surface area contributed by atoms with Gasteiger partial charge in [0.25, 0.3) is 6.47 Å². The Kier molecular flexibility index (Phi) is 10.0. The van der Waals surface area contributed by atoms with Crippen molar-refractivity contribution in [3.63, 3.8) is 0 Å². The number of carboxylic acid groups (broad SMARTS) is 1. The van der Waals surface area contributed by atoms with Crippen molar-refractivity contribution in [1.29, 1.82) is 0 Å². The molecule has 5 unspecified atom stereocenters. The Morgan fingerprint density at radius 1 is 0.920 bits per heavy atom. The largest absolute Gasteiger partial charge is 0.481 e. The van der Waals surface area contributed by atoms with Gasteiger partial charge < -0.3 is 35.0 Å². The number of allylic oxidation sites excluding steroid dienone is 2. The van der Waals surface area contributed by atoms with Crippen molar-refractivity contribution in [2.24, 2.45) is 56.2 Å². The summed E-state index contributed by atoms with van der Waals surface area (Å²) in [7, 11) is 0. The molecular formula is C41H66O9. The van der Waals surface area contributed by atoms with Gasteiger partial charge in [-0.25, -0.2) is 0 Å². The fourth-order valence-corrected chi connectivity index (χ4v) is 13.6. The molecule has 284 valence electrons. The molecule has 5 fully saturated rings. The molecule has 0 bridgehead atoms. The molecule has 0 aromatic heterocycles. The molecule has 5 N–H and O–H groups in total. The number of aliphatic carboxylic acids is 1. The van der Waals surface area contributed by atoms with Crippen LogP contribution in [-0.2, 0) is 19.1 Å². The summed E-state index contributed by atoms with van der Waals surface area (Å²) in [6.07, 6.45) is 6.23. The molecule has 4 saturated carbocycles. The standard InChI is InChI=1S/C41H66O9/c1-36(2)17-19-41(35(47)48)20-18-39(6)24(26(41)22-36)11-12-29-38(5)15-13-25(37(3,4)28(38)14-16-40(29,39)7)30(43)34-33(46)32(45)31(44)27(50-34)10-8-9-21-49-23-42/h11,23,25-34,43-46H,8-10,12-22H2,1-7H3,(H,47,48)/t25-,26?,27?,28?,29?,30+,31-,32+,33?,34+,38+,39-,40-,41+/m1/s1. The third kappa shape index (κ3) is 5.65. The number of unbranched alkanes of at least 4 members (excludes halogenated alkanes) is 1. The molecule has 0 spiro atoms. The van der Waals surface area contributed by atoms with Gasteiger partial charge in [-0.3, -0.25) is 9.59 Å². The average Bonchev–Trinajstić information content (AvgIpc) is 3.04. The lowest BCUT2D eigenvalue weighted by Crippen LogP contribution is -2.66. The van der Waals surface area contributed by atoms with Gasteiger partial charge in [0, 0.05) is 0 Å². The van der Waals surface area contributed by atoms with Gasteiger partial charge in [0.1, 0.15) is 24.4 Å². The van der Waals surface area contributed by atoms with Crippen molar-refractivity contribution in [3.05, 3.63) is 11.6 Å². The molecule has 5 aliphatic carbocycles. The quantitative estimate of drug-likeness (QED) is 0.110. The molecule has 0 amide bonds. The molecule has 6 rings (SSSR count). The summed E-state index contributed by atoms with van der Waals surface area (Å²) < 4.78 is 11.0. The van der Waals surface area contributed by atoms with E-state index in [-0.39, 0.29) is 45.5 Å². The van der Waals surface area contributed by atoms with Crippen molar-refractivity contribution >= 4 is 12.4 Å². The van der Waals surface area contributed by atoms with Gasteiger partial charge in [-0.2, -0.15) is 0 Å². The molecular weight excluding hydrogens is 636 g/mol. The maximum atomic E-state index is 13.0. The first-order chi connectivity index (χ1) is 23.3. The zero-order chi connectivity index (χ0) is 36.7. The number of rotatable bonds is 9. The van der Waals surface area contributed by atoms with E-state index in [1.54, 1.807) is 0 Å². The van der Waals surface area contributed by atoms with Crippen LogP contribution in [0.1, 0.15) is 132 Å². The predicted octanol–water partition coefficient (Wildman–Crippen LogP) is 6.04. The predicted molar refractivity (Wildman–Crippen MR) is 189 cm³/mol. The normalized spacial score (nSPS) is 48.5. The second kappa shape index (κ2) is 13.1. The summed E-state index contributed by atoms with van der Waals surface area (Å²) in [6.45, 7) is 17.3. The van der Waals surface area contributed by atoms with Crippen molar-refractivity contribution in [1.82, 2.24) is 0 Å². The Balaban J connectivity index is 1.24. The summed E-state index contributed by atoms with van der Waals surface area (Å²) >= 11 is 0. The van der Waals surface area contributed by atoms with Crippen LogP contribution in [0.2, 0.25) is 0 Å². The van der Waals surface area contributed by atoms with E-state index in [0.29, 0.717) is 37.6 Å². The van der Waals surface area contributed by atoms with Crippen LogP contribution in [-0.4, -0.2) is 81.2 Å². The number of hydrogen-bond donors (Lipinski definition) is 5. The van der Waals surface area contributed by atoms with E-state index in [1.165, 1.54) is 5.57 Å². The van der Waals surface area contributed by atoms with Gasteiger partial charge >= 0.3 is 5.97 Å². The fraction of sp³-hybridized carbons (Fsp3) is 0.902. The number of aliphatic hydroxyl groups is 4. The SMILES string of the molecule is CC1(C)CC[C@]2(C(=O)O)CC[C@]3(C)C(=CCC4[C@@]5(C)CC[C@H]([C@H](O)[C@@H]6OC(CCCCOC=O)[C@@H](O)[C@H](O)C6O)C(C)(C)C5CC[C@]43C)C2C1. The molecule has 1 aliphatic heterocycles. The first kappa shape index (κ1) is 38.2. The molecule has 9 heteroatoms. The third-order valence-corrected chi connectivity index (χ3v) is 16.7. The zero-order valence-corrected chi connectivity index (χ0v) is 31.7. The van der Waals surface area contributed by atoms with Gasteiger partial charge in [0.2, 0.25) is 0 Å². The smallest absolute Gasteiger partial charge is 0.310 e. The van der Waals surface area contributed by atoms with Gasteiger partial charge in [0.05, 0.1) is 24.2 Å². The molecule has 0 aromatic rings. The van der Waals surface area contributed by atoms with E-state index in [0.717, 1.165) is 64.2 Å². The van der Waals surface area contributed by atoms with E-state index in [9.17, 15) is 35.1 Å². The number of carbonyl (C=O) groups excluding carboxylic acids is 1. The molecule has 0 aromatic carbocycles. The highest BCUT2D eigenvalue weighted by Crippen LogP contribution is 2.76. The number of aliphatic hydroxyl groups excluding tert-OH is 4. The first-order valence-electron chi connectivity index (χ1n) is 19.7. The molecule has 1 saturated heterocycles. The summed E-state index contributed by atoms with van der Waals surface area (Å²) in [4.78, 5) is 23.5. The number of fused-ring (bicyclic) bond motifs is 7. The van der Waals surface area contributed by atoms with Crippen molar-refractivity contribution < 1.29 is 44.6 Å². The zero-order valence-electron chi connectivity index (χ0n) is 31.7. The summed E-state index contributed by atoms with van der Waals surface area (Å²) in [5.74, 6) is 0.0499. The van der Waals surface area contributed by atoms with Crippen LogP contribution in [0.3, 0.4) is 0 Å². The molecule has 0 radical (unpaired) electrons. The Morgan fingerprint density at radius 2 is 1.62 bits per heavy atom. The lowest BCUT2D eigenvalue weighted by atomic mass is 9.33. The third-order valence-electron chi connectivity index (χ3n) is 16.7. The van der Waals surface area contributed by atoms with E-state index >= 15 is 0 Å². The van der Waals surface area contributed by atoms with Crippen molar-refractivity contribution in [3.8, 4) is 0 Å². The Labute approximate surface area is 299 Å². The Morgan fingerprint density at radius 3 is 2.30 bits per heavy atom. The maximum Gasteiger partial charge on any atom is 0.310 e. The van der Waals surface area contributed by atoms with E-state index in [4.69, 9.17) is 9.47 Å². The lowest BCUT2D eigenvalue weighted by molar-refractivity contribution is -0.264. The minimum atomic E-state index is -1.43. The molecule has 9 nitrogen and oxygen atoms in total. The fourth-order valence-electron chi connectivity index (χ4n) is 13.6. The average molecular weight is 703 g/mol. The van der Waals surface area contributed by atoms with E-state index in [2.05, 4.69) is 54.5 Å². The minimum absolute atomic E-state index is 0.0127. The second-order valence-electron chi connectivity index (χ2n) is 19.7. The van der Waals surface area contributed by atoms with Crippen LogP contribution >= 0.6 is 0 Å². The minimum Gasteiger partial charge on any atom is -0.481 e. The summed E-state index contributed by atoms with van der Waals surface area (Å²) in [6, 6.07) is 0. The monoisotopic (exact) mass is 702 g/mol. The highest BCUT2D eigenvalue weighted by Gasteiger charge is 2.70. The topological polar surface area (TPSA) is 154 Å². The van der Waals surface area contributed by atoms with Crippen molar-refractivity contribution in [2.45, 2.75) is 169 Å². The molecule has 14 atom stereocenters. The van der Waals surface area contributed by atoms with Gasteiger partial charge in [0.15, 0.2) is 0 Å². The summed E-state index contributed by atoms with van der Waals surface area (Å²) in [5.41, 5.74) is 0.597. The number of ether oxygens (including phenoxy) is 2. The Hall–Kier alpha value is -1.52. The van der Waals surface area contributed by atoms with E-state index < -0.39 is 48.0 Å². The van der Waals surface area contributed by atoms with Gasteiger partial charge in [-0.15, -0.1) is 0 Å². The highest BCUT2D eigenvalue weighted by molar-refractivity contribution is 5.76. The van der Waals surface area contributed by atoms with Crippen LogP contribution in [0.25, 0.3) is 0 Å².